The molecule has 2 aromatic heterocycles. The Labute approximate surface area is 146 Å². The Balaban J connectivity index is 1.28. The topological polar surface area (TPSA) is 66.8 Å². The minimum atomic E-state index is 0.259. The van der Waals surface area contributed by atoms with Gasteiger partial charge in [-0.25, -0.2) is 4.98 Å². The maximum atomic E-state index is 12.4. The Kier molecular flexibility index (Phi) is 4.50. The molecule has 0 radical (unpaired) electrons. The second kappa shape index (κ2) is 7.09. The van der Waals surface area contributed by atoms with Crippen LogP contribution in [0, 0.1) is 0 Å². The van der Waals surface area contributed by atoms with Crippen LogP contribution in [-0.2, 0) is 11.3 Å². The first-order chi connectivity index (χ1) is 12.3. The van der Waals surface area contributed by atoms with Crippen LogP contribution in [0.25, 0.3) is 11.0 Å². The van der Waals surface area contributed by atoms with E-state index in [9.17, 15) is 4.79 Å². The molecule has 130 valence electrons. The van der Waals surface area contributed by atoms with E-state index in [1.165, 1.54) is 0 Å². The zero-order chi connectivity index (χ0) is 17.1. The lowest BCUT2D eigenvalue weighted by Crippen LogP contribution is -2.38. The summed E-state index contributed by atoms with van der Waals surface area (Å²) in [6, 6.07) is 10.0. The number of aryl methyl sites for hydroxylation is 1. The molecule has 6 nitrogen and oxygen atoms in total. The van der Waals surface area contributed by atoms with E-state index in [1.54, 1.807) is 6.20 Å². The van der Waals surface area contributed by atoms with Gasteiger partial charge in [-0.05, 0) is 37.5 Å². The first kappa shape index (κ1) is 15.9. The number of carbonyl (C=O) groups excluding carboxylic acids is 1. The molecule has 0 bridgehead atoms. The third-order valence-electron chi connectivity index (χ3n) is 4.98. The van der Waals surface area contributed by atoms with Crippen LogP contribution in [0.5, 0.6) is 0 Å². The molecular formula is C19H23N5O. The van der Waals surface area contributed by atoms with Crippen LogP contribution >= 0.6 is 0 Å². The molecule has 1 aliphatic heterocycles. The van der Waals surface area contributed by atoms with Crippen molar-refractivity contribution < 1.29 is 4.79 Å². The van der Waals surface area contributed by atoms with Gasteiger partial charge in [0.1, 0.15) is 5.82 Å². The molecular weight excluding hydrogens is 314 g/mol. The minimum Gasteiger partial charge on any atom is -0.343 e. The number of nitrogens with zero attached hydrogens (tertiary/aromatic N) is 4. The van der Waals surface area contributed by atoms with Crippen molar-refractivity contribution in [3.05, 3.63) is 48.5 Å². The lowest BCUT2D eigenvalue weighted by Gasteiger charge is -2.31. The van der Waals surface area contributed by atoms with Gasteiger partial charge in [0.2, 0.25) is 5.91 Å². The molecule has 1 aliphatic rings. The van der Waals surface area contributed by atoms with Crippen molar-refractivity contribution in [2.75, 3.05) is 13.1 Å². The summed E-state index contributed by atoms with van der Waals surface area (Å²) < 4.78 is 1.88. The van der Waals surface area contributed by atoms with Gasteiger partial charge in [-0.3, -0.25) is 9.48 Å². The van der Waals surface area contributed by atoms with Gasteiger partial charge in [0, 0.05) is 44.4 Å². The Bertz CT molecular complexity index is 798. The summed E-state index contributed by atoms with van der Waals surface area (Å²) in [7, 11) is 0. The number of para-hydroxylation sites is 2. The van der Waals surface area contributed by atoms with Crippen LogP contribution in [0.15, 0.2) is 42.7 Å². The van der Waals surface area contributed by atoms with Crippen molar-refractivity contribution in [1.82, 2.24) is 24.6 Å². The molecule has 1 saturated heterocycles. The van der Waals surface area contributed by atoms with Crippen LogP contribution in [0.4, 0.5) is 0 Å². The number of amides is 1. The van der Waals surface area contributed by atoms with Gasteiger partial charge >= 0.3 is 0 Å². The molecule has 0 atom stereocenters. The van der Waals surface area contributed by atoms with Gasteiger partial charge in [0.05, 0.1) is 11.0 Å². The third kappa shape index (κ3) is 3.57. The standard InChI is InChI=1S/C19H23N5O/c25-18(7-3-11-24-12-4-10-20-24)23-13-8-15(9-14-23)19-21-16-5-1-2-6-17(16)22-19/h1-2,4-6,10,12,15H,3,7-9,11,13-14H2,(H,21,22). The van der Waals surface area contributed by atoms with Crippen LogP contribution < -0.4 is 0 Å². The molecule has 1 amide bonds. The molecule has 3 aromatic rings. The number of carbonyl (C=O) groups is 1. The minimum absolute atomic E-state index is 0.259. The molecule has 0 unspecified atom stereocenters. The Morgan fingerprint density at radius 2 is 2.04 bits per heavy atom. The summed E-state index contributed by atoms with van der Waals surface area (Å²) in [5.41, 5.74) is 2.12. The largest absolute Gasteiger partial charge is 0.343 e. The fraction of sp³-hybridized carbons (Fsp3) is 0.421. The summed E-state index contributed by atoms with van der Waals surface area (Å²) in [5, 5.41) is 4.17. The Morgan fingerprint density at radius 1 is 1.20 bits per heavy atom. The second-order valence-corrected chi connectivity index (χ2v) is 6.67. The molecule has 0 aliphatic carbocycles. The molecule has 25 heavy (non-hydrogen) atoms. The average Bonchev–Trinajstić information content (AvgIpc) is 3.31. The fourth-order valence-corrected chi connectivity index (χ4v) is 3.55. The fourth-order valence-electron chi connectivity index (χ4n) is 3.55. The molecule has 0 spiro atoms. The highest BCUT2D eigenvalue weighted by Crippen LogP contribution is 2.28. The number of benzene rings is 1. The van der Waals surface area contributed by atoms with E-state index in [0.717, 1.165) is 55.8 Å². The first-order valence-electron chi connectivity index (χ1n) is 8.99. The highest BCUT2D eigenvalue weighted by atomic mass is 16.2. The molecule has 0 saturated carbocycles. The van der Waals surface area contributed by atoms with E-state index >= 15 is 0 Å². The number of fused-ring (bicyclic) bond motifs is 1. The van der Waals surface area contributed by atoms with Crippen LogP contribution in [0.3, 0.4) is 0 Å². The lowest BCUT2D eigenvalue weighted by atomic mass is 9.96. The van der Waals surface area contributed by atoms with Gasteiger partial charge < -0.3 is 9.88 Å². The van der Waals surface area contributed by atoms with Gasteiger partial charge in [0.15, 0.2) is 0 Å². The second-order valence-electron chi connectivity index (χ2n) is 6.67. The number of hydrogen-bond acceptors (Lipinski definition) is 3. The van der Waals surface area contributed by atoms with Crippen molar-refractivity contribution in [3.8, 4) is 0 Å². The van der Waals surface area contributed by atoms with Crippen molar-refractivity contribution in [2.45, 2.75) is 38.1 Å². The number of hydrogen-bond donors (Lipinski definition) is 1. The SMILES string of the molecule is O=C(CCCn1cccn1)N1CCC(c2nc3ccccc3[nH]2)CC1. The van der Waals surface area contributed by atoms with E-state index in [2.05, 4.69) is 16.1 Å². The van der Waals surface area contributed by atoms with E-state index in [0.29, 0.717) is 12.3 Å². The van der Waals surface area contributed by atoms with Gasteiger partial charge in [0.25, 0.3) is 0 Å². The summed E-state index contributed by atoms with van der Waals surface area (Å²) in [4.78, 5) is 22.5. The quantitative estimate of drug-likeness (QED) is 0.778. The van der Waals surface area contributed by atoms with Gasteiger partial charge in [-0.1, -0.05) is 12.1 Å². The van der Waals surface area contributed by atoms with Crippen molar-refractivity contribution in [1.29, 1.82) is 0 Å². The predicted molar refractivity (Wildman–Crippen MR) is 96.1 cm³/mol. The number of H-pyrrole nitrogens is 1. The lowest BCUT2D eigenvalue weighted by molar-refractivity contribution is -0.132. The van der Waals surface area contributed by atoms with Gasteiger partial charge in [-0.15, -0.1) is 0 Å². The number of aromatic nitrogens is 4. The summed E-state index contributed by atoms with van der Waals surface area (Å²) in [6.07, 6.45) is 7.09. The van der Waals surface area contributed by atoms with E-state index in [-0.39, 0.29) is 5.91 Å². The molecule has 3 heterocycles. The highest BCUT2D eigenvalue weighted by molar-refractivity contribution is 5.76. The first-order valence-corrected chi connectivity index (χ1v) is 8.99. The van der Waals surface area contributed by atoms with Crippen LogP contribution in [0.1, 0.15) is 37.4 Å². The number of likely N-dealkylation sites (tertiary alicyclic amines) is 1. The average molecular weight is 337 g/mol. The number of aromatic amines is 1. The maximum Gasteiger partial charge on any atom is 0.222 e. The van der Waals surface area contributed by atoms with E-state index in [4.69, 9.17) is 4.98 Å². The van der Waals surface area contributed by atoms with E-state index in [1.807, 2.05) is 40.0 Å². The van der Waals surface area contributed by atoms with Crippen LogP contribution in [-0.4, -0.2) is 43.6 Å². The highest BCUT2D eigenvalue weighted by Gasteiger charge is 2.25. The van der Waals surface area contributed by atoms with Crippen molar-refractivity contribution in [2.24, 2.45) is 0 Å². The molecule has 1 fully saturated rings. The molecule has 1 aromatic carbocycles. The Hall–Kier alpha value is -2.63. The molecule has 1 N–H and O–H groups in total. The number of piperidine rings is 1. The summed E-state index contributed by atoms with van der Waals surface area (Å²) in [6.45, 7) is 2.44. The number of imidazole rings is 1. The van der Waals surface area contributed by atoms with Gasteiger partial charge in [-0.2, -0.15) is 5.10 Å². The monoisotopic (exact) mass is 337 g/mol. The van der Waals surface area contributed by atoms with E-state index < -0.39 is 0 Å². The maximum absolute atomic E-state index is 12.4. The smallest absolute Gasteiger partial charge is 0.222 e. The normalized spacial score (nSPS) is 15.8. The number of nitrogens with one attached hydrogen (secondary N) is 1. The molecule has 4 rings (SSSR count). The van der Waals surface area contributed by atoms with Crippen LogP contribution in [0.2, 0.25) is 0 Å². The van der Waals surface area contributed by atoms with Crippen molar-refractivity contribution in [3.63, 3.8) is 0 Å². The zero-order valence-corrected chi connectivity index (χ0v) is 14.3. The van der Waals surface area contributed by atoms with Crippen molar-refractivity contribution >= 4 is 16.9 Å². The zero-order valence-electron chi connectivity index (χ0n) is 14.3. The summed E-state index contributed by atoms with van der Waals surface area (Å²) >= 11 is 0. The third-order valence-corrected chi connectivity index (χ3v) is 4.98. The summed E-state index contributed by atoms with van der Waals surface area (Å²) in [5.74, 6) is 1.74. The predicted octanol–water partition coefficient (Wildman–Crippen LogP) is 2.95. The molecule has 6 heteroatoms. The Morgan fingerprint density at radius 3 is 2.80 bits per heavy atom. The number of rotatable bonds is 5.